The lowest BCUT2D eigenvalue weighted by Gasteiger charge is -2.18. The summed E-state index contributed by atoms with van der Waals surface area (Å²) in [5.74, 6) is 0. The van der Waals surface area contributed by atoms with Gasteiger partial charge in [0, 0.05) is 22.8 Å². The molecule has 0 fully saturated rings. The van der Waals surface area contributed by atoms with Crippen LogP contribution in [-0.4, -0.2) is 15.8 Å². The Bertz CT molecular complexity index is 528. The number of rotatable bonds is 4. The Morgan fingerprint density at radius 1 is 1.39 bits per heavy atom. The van der Waals surface area contributed by atoms with Gasteiger partial charge in [-0.2, -0.15) is 5.10 Å². The fourth-order valence-electron chi connectivity index (χ4n) is 1.86. The molecular formula is C13H19N3S2. The molecule has 2 aromatic rings. The Balaban J connectivity index is 2.24. The van der Waals surface area contributed by atoms with Crippen LogP contribution in [-0.2, 0) is 7.05 Å². The zero-order valence-corrected chi connectivity index (χ0v) is 12.8. The predicted molar refractivity (Wildman–Crippen MR) is 79.2 cm³/mol. The van der Waals surface area contributed by atoms with Crippen molar-refractivity contribution in [2.45, 2.75) is 37.1 Å². The van der Waals surface area contributed by atoms with Crippen molar-refractivity contribution in [2.75, 3.05) is 0 Å². The fraction of sp³-hybridized carbons (Fsp3) is 0.462. The summed E-state index contributed by atoms with van der Waals surface area (Å²) in [6, 6.07) is 6.57. The molecule has 2 unspecified atom stereocenters. The first-order valence-electron chi connectivity index (χ1n) is 5.96. The zero-order chi connectivity index (χ0) is 13.3. The first-order chi connectivity index (χ1) is 8.47. The maximum atomic E-state index is 6.14. The third-order valence-electron chi connectivity index (χ3n) is 2.73. The number of hydrogen-bond acceptors (Lipinski definition) is 4. The maximum Gasteiger partial charge on any atom is 0.0946 e. The second-order valence-corrected chi connectivity index (χ2v) is 7.07. The van der Waals surface area contributed by atoms with Gasteiger partial charge >= 0.3 is 0 Å². The summed E-state index contributed by atoms with van der Waals surface area (Å²) in [5, 5.41) is 5.84. The topological polar surface area (TPSA) is 43.8 Å². The van der Waals surface area contributed by atoms with Gasteiger partial charge in [-0.3, -0.25) is 4.68 Å². The van der Waals surface area contributed by atoms with Crippen LogP contribution in [0.25, 0.3) is 0 Å². The summed E-state index contributed by atoms with van der Waals surface area (Å²) < 4.78 is 1.93. The van der Waals surface area contributed by atoms with E-state index in [2.05, 4.69) is 37.1 Å². The van der Waals surface area contributed by atoms with Crippen LogP contribution >= 0.6 is 23.1 Å². The highest BCUT2D eigenvalue weighted by Gasteiger charge is 2.21. The Morgan fingerprint density at radius 3 is 2.56 bits per heavy atom. The van der Waals surface area contributed by atoms with Gasteiger partial charge in [0.25, 0.3) is 0 Å². The number of hydrogen-bond donors (Lipinski definition) is 1. The molecule has 2 aromatic heterocycles. The van der Waals surface area contributed by atoms with Crippen LogP contribution in [0.4, 0.5) is 0 Å². The quantitative estimate of drug-likeness (QED) is 0.875. The SMILES string of the molecule is Cc1cc(SC(c2ccc(C)s2)C(C)N)n(C)n1. The lowest BCUT2D eigenvalue weighted by atomic mass is 10.2. The van der Waals surface area contributed by atoms with Crippen molar-refractivity contribution < 1.29 is 0 Å². The zero-order valence-electron chi connectivity index (χ0n) is 11.2. The molecule has 18 heavy (non-hydrogen) atoms. The van der Waals surface area contributed by atoms with Crippen molar-refractivity contribution in [3.8, 4) is 0 Å². The van der Waals surface area contributed by atoms with Crippen LogP contribution in [0.3, 0.4) is 0 Å². The molecule has 2 heterocycles. The average Bonchev–Trinajstić information content (AvgIpc) is 2.81. The van der Waals surface area contributed by atoms with Gasteiger partial charge < -0.3 is 5.73 Å². The summed E-state index contributed by atoms with van der Waals surface area (Å²) in [6.45, 7) is 6.21. The van der Waals surface area contributed by atoms with E-state index in [0.717, 1.165) is 5.69 Å². The molecule has 0 amide bonds. The van der Waals surface area contributed by atoms with Crippen molar-refractivity contribution in [3.05, 3.63) is 33.6 Å². The Morgan fingerprint density at radius 2 is 2.11 bits per heavy atom. The highest BCUT2D eigenvalue weighted by atomic mass is 32.2. The molecule has 0 bridgehead atoms. The lowest BCUT2D eigenvalue weighted by Crippen LogP contribution is -2.22. The lowest BCUT2D eigenvalue weighted by molar-refractivity contribution is 0.682. The monoisotopic (exact) mass is 281 g/mol. The number of nitrogens with zero attached hydrogens (tertiary/aromatic N) is 2. The van der Waals surface area contributed by atoms with Crippen molar-refractivity contribution in [3.63, 3.8) is 0 Å². The highest BCUT2D eigenvalue weighted by Crippen LogP contribution is 2.40. The van der Waals surface area contributed by atoms with Gasteiger partial charge in [0.05, 0.1) is 16.0 Å². The predicted octanol–water partition coefficient (Wildman–Crippen LogP) is 3.28. The Kier molecular flexibility index (Phi) is 4.14. The largest absolute Gasteiger partial charge is 0.327 e. The van der Waals surface area contributed by atoms with Crippen LogP contribution in [0.15, 0.2) is 23.2 Å². The van der Waals surface area contributed by atoms with E-state index < -0.39 is 0 Å². The summed E-state index contributed by atoms with van der Waals surface area (Å²) in [7, 11) is 1.98. The minimum Gasteiger partial charge on any atom is -0.327 e. The molecule has 0 saturated carbocycles. The summed E-state index contributed by atoms with van der Waals surface area (Å²) in [6.07, 6.45) is 0. The van der Waals surface area contributed by atoms with Crippen LogP contribution in [0.2, 0.25) is 0 Å². The number of thiophene rings is 1. The van der Waals surface area contributed by atoms with E-state index in [0.29, 0.717) is 5.25 Å². The van der Waals surface area contributed by atoms with Crippen molar-refractivity contribution in [1.29, 1.82) is 0 Å². The molecule has 5 heteroatoms. The highest BCUT2D eigenvalue weighted by molar-refractivity contribution is 7.99. The van der Waals surface area contributed by atoms with E-state index in [1.54, 1.807) is 11.8 Å². The molecule has 0 aliphatic carbocycles. The Hall–Kier alpha value is -0.780. The van der Waals surface area contributed by atoms with E-state index in [9.17, 15) is 0 Å². The molecular weight excluding hydrogens is 262 g/mol. The third-order valence-corrected chi connectivity index (χ3v) is 5.52. The fourth-order valence-corrected chi connectivity index (χ4v) is 4.22. The Labute approximate surface area is 116 Å². The second-order valence-electron chi connectivity index (χ2n) is 4.59. The second kappa shape index (κ2) is 5.47. The smallest absolute Gasteiger partial charge is 0.0946 e. The normalized spacial score (nSPS) is 14.7. The van der Waals surface area contributed by atoms with Gasteiger partial charge in [-0.05, 0) is 39.0 Å². The molecule has 3 nitrogen and oxygen atoms in total. The molecule has 0 spiro atoms. The van der Waals surface area contributed by atoms with Crippen molar-refractivity contribution >= 4 is 23.1 Å². The molecule has 2 rings (SSSR count). The van der Waals surface area contributed by atoms with Crippen LogP contribution in [0.1, 0.15) is 27.6 Å². The number of aryl methyl sites for hydroxylation is 3. The standard InChI is InChI=1S/C13H19N3S2/c1-8-7-12(16(4)15-8)18-13(10(3)14)11-6-5-9(2)17-11/h5-7,10,13H,14H2,1-4H3. The molecule has 0 aliphatic heterocycles. The van der Waals surface area contributed by atoms with E-state index in [1.807, 2.05) is 30.0 Å². The van der Waals surface area contributed by atoms with Gasteiger partial charge in [0.15, 0.2) is 0 Å². The summed E-state index contributed by atoms with van der Waals surface area (Å²) in [5.41, 5.74) is 7.19. The van der Waals surface area contributed by atoms with Gasteiger partial charge in [-0.15, -0.1) is 11.3 Å². The first kappa shape index (κ1) is 13.6. The molecule has 2 N–H and O–H groups in total. The van der Waals surface area contributed by atoms with Gasteiger partial charge in [0.1, 0.15) is 0 Å². The molecule has 0 aromatic carbocycles. The van der Waals surface area contributed by atoms with Crippen LogP contribution in [0, 0.1) is 13.8 Å². The van der Waals surface area contributed by atoms with Gasteiger partial charge in [0.2, 0.25) is 0 Å². The number of thioether (sulfide) groups is 1. The van der Waals surface area contributed by atoms with E-state index in [-0.39, 0.29) is 6.04 Å². The van der Waals surface area contributed by atoms with E-state index in [4.69, 9.17) is 5.73 Å². The molecule has 0 saturated heterocycles. The van der Waals surface area contributed by atoms with Gasteiger partial charge in [-0.1, -0.05) is 11.8 Å². The van der Waals surface area contributed by atoms with Crippen molar-refractivity contribution in [2.24, 2.45) is 12.8 Å². The van der Waals surface area contributed by atoms with E-state index in [1.165, 1.54) is 14.8 Å². The molecule has 98 valence electrons. The minimum atomic E-state index is 0.114. The third kappa shape index (κ3) is 2.96. The minimum absolute atomic E-state index is 0.114. The number of nitrogens with two attached hydrogens (primary N) is 1. The van der Waals surface area contributed by atoms with Crippen LogP contribution in [0.5, 0.6) is 0 Å². The van der Waals surface area contributed by atoms with E-state index >= 15 is 0 Å². The molecule has 0 radical (unpaired) electrons. The summed E-state index contributed by atoms with van der Waals surface area (Å²) >= 11 is 3.62. The number of aromatic nitrogens is 2. The molecule has 0 aliphatic rings. The van der Waals surface area contributed by atoms with Crippen LogP contribution < -0.4 is 5.73 Å². The maximum absolute atomic E-state index is 6.14. The van der Waals surface area contributed by atoms with Gasteiger partial charge in [-0.25, -0.2) is 0 Å². The van der Waals surface area contributed by atoms with Crippen molar-refractivity contribution in [1.82, 2.24) is 9.78 Å². The first-order valence-corrected chi connectivity index (χ1v) is 7.66. The average molecular weight is 281 g/mol. The molecule has 2 atom stereocenters. The summed E-state index contributed by atoms with van der Waals surface area (Å²) in [4.78, 5) is 2.67.